The molecule has 1 aromatic carbocycles. The molecule has 1 aromatic rings. The van der Waals surface area contributed by atoms with Crippen molar-refractivity contribution in [3.8, 4) is 0 Å². The van der Waals surface area contributed by atoms with Gasteiger partial charge >= 0.3 is 0 Å². The van der Waals surface area contributed by atoms with Crippen molar-refractivity contribution in [1.82, 2.24) is 4.90 Å². The maximum Gasteiger partial charge on any atom is 0.245 e. The van der Waals surface area contributed by atoms with Crippen molar-refractivity contribution >= 4 is 5.91 Å². The van der Waals surface area contributed by atoms with Gasteiger partial charge in [-0.3, -0.25) is 4.79 Å². The number of nitrogens with zero attached hydrogens (tertiary/aromatic N) is 1. The van der Waals surface area contributed by atoms with Gasteiger partial charge in [0, 0.05) is 20.2 Å². The predicted molar refractivity (Wildman–Crippen MR) is 108 cm³/mol. The van der Waals surface area contributed by atoms with Crippen LogP contribution in [0.4, 0.5) is 0 Å². The fourth-order valence-electron chi connectivity index (χ4n) is 3.44. The van der Waals surface area contributed by atoms with E-state index in [1.165, 1.54) is 11.1 Å². The molecule has 0 saturated heterocycles. The van der Waals surface area contributed by atoms with Crippen molar-refractivity contribution in [3.63, 3.8) is 0 Å². The smallest absolute Gasteiger partial charge is 0.245 e. The second kappa shape index (κ2) is 11.0. The van der Waals surface area contributed by atoms with Crippen molar-refractivity contribution in [2.75, 3.05) is 14.1 Å². The first-order chi connectivity index (χ1) is 12.5. The van der Waals surface area contributed by atoms with Crippen LogP contribution in [0.3, 0.4) is 0 Å². The zero-order valence-electron chi connectivity index (χ0n) is 16.2. The fraction of sp³-hybridized carbons (Fsp3) is 0.522. The SMILES string of the molecule is CN(C)C(=O)/C=C1\CCCC(/C=C/C(O)CCCCc2ccccc2)C1. The highest BCUT2D eigenvalue weighted by Gasteiger charge is 2.16. The largest absolute Gasteiger partial charge is 0.389 e. The quantitative estimate of drug-likeness (QED) is 0.423. The minimum atomic E-state index is -0.358. The van der Waals surface area contributed by atoms with Gasteiger partial charge in [0.25, 0.3) is 0 Å². The van der Waals surface area contributed by atoms with Gasteiger partial charge in [-0.15, -0.1) is 0 Å². The van der Waals surface area contributed by atoms with Crippen LogP contribution in [-0.2, 0) is 11.2 Å². The highest BCUT2D eigenvalue weighted by molar-refractivity contribution is 5.87. The number of rotatable bonds is 8. The number of likely N-dealkylation sites (N-methyl/N-ethyl adjacent to an activating group) is 1. The molecule has 1 fully saturated rings. The number of aliphatic hydroxyl groups excluding tert-OH is 1. The van der Waals surface area contributed by atoms with E-state index >= 15 is 0 Å². The lowest BCUT2D eigenvalue weighted by atomic mass is 9.84. The first-order valence-corrected chi connectivity index (χ1v) is 9.85. The third kappa shape index (κ3) is 7.57. The molecule has 0 spiro atoms. The molecule has 1 amide bonds. The Labute approximate surface area is 158 Å². The molecule has 1 saturated carbocycles. The molecule has 1 N–H and O–H groups in total. The molecule has 0 radical (unpaired) electrons. The van der Waals surface area contributed by atoms with Gasteiger partial charge in [-0.2, -0.15) is 0 Å². The summed E-state index contributed by atoms with van der Waals surface area (Å²) in [4.78, 5) is 13.4. The minimum Gasteiger partial charge on any atom is -0.389 e. The molecule has 0 bridgehead atoms. The molecule has 2 unspecified atom stereocenters. The van der Waals surface area contributed by atoms with Crippen LogP contribution in [0, 0.1) is 5.92 Å². The number of amides is 1. The van der Waals surface area contributed by atoms with E-state index in [0.29, 0.717) is 5.92 Å². The van der Waals surface area contributed by atoms with E-state index in [1.54, 1.807) is 25.1 Å². The maximum absolute atomic E-state index is 11.8. The molecular formula is C23H33NO2. The Bertz CT molecular complexity index is 604. The molecule has 0 aromatic heterocycles. The summed E-state index contributed by atoms with van der Waals surface area (Å²) in [5, 5.41) is 10.2. The molecule has 0 aliphatic heterocycles. The van der Waals surface area contributed by atoms with E-state index in [0.717, 1.165) is 51.4 Å². The number of allylic oxidation sites excluding steroid dienone is 2. The van der Waals surface area contributed by atoms with Gasteiger partial charge in [0.15, 0.2) is 0 Å². The molecule has 3 nitrogen and oxygen atoms in total. The van der Waals surface area contributed by atoms with Gasteiger partial charge in [0.2, 0.25) is 5.91 Å². The van der Waals surface area contributed by atoms with E-state index in [2.05, 4.69) is 30.3 Å². The Morgan fingerprint density at radius 1 is 1.27 bits per heavy atom. The highest BCUT2D eigenvalue weighted by atomic mass is 16.3. The first-order valence-electron chi connectivity index (χ1n) is 9.85. The Morgan fingerprint density at radius 2 is 2.04 bits per heavy atom. The number of benzene rings is 1. The number of hydrogen-bond acceptors (Lipinski definition) is 2. The van der Waals surface area contributed by atoms with Gasteiger partial charge in [0.1, 0.15) is 0 Å². The van der Waals surface area contributed by atoms with E-state index in [1.807, 2.05) is 12.1 Å². The summed E-state index contributed by atoms with van der Waals surface area (Å²) in [5.41, 5.74) is 2.60. The third-order valence-electron chi connectivity index (χ3n) is 5.03. The van der Waals surface area contributed by atoms with Crippen LogP contribution in [0.5, 0.6) is 0 Å². The normalized spacial score (nSPS) is 20.4. The van der Waals surface area contributed by atoms with Crippen molar-refractivity contribution < 1.29 is 9.90 Å². The fourth-order valence-corrected chi connectivity index (χ4v) is 3.44. The molecule has 1 aliphatic carbocycles. The molecule has 0 heterocycles. The molecular weight excluding hydrogens is 322 g/mol. The lowest BCUT2D eigenvalue weighted by Crippen LogP contribution is -2.20. The van der Waals surface area contributed by atoms with Crippen molar-refractivity contribution in [1.29, 1.82) is 0 Å². The molecule has 26 heavy (non-hydrogen) atoms. The van der Waals surface area contributed by atoms with Crippen LogP contribution >= 0.6 is 0 Å². The Hall–Kier alpha value is -1.87. The van der Waals surface area contributed by atoms with Gasteiger partial charge in [0.05, 0.1) is 6.10 Å². The van der Waals surface area contributed by atoms with E-state index in [9.17, 15) is 9.90 Å². The summed E-state index contributed by atoms with van der Waals surface area (Å²) in [6.07, 6.45) is 13.8. The number of unbranched alkanes of at least 4 members (excludes halogenated alkanes) is 1. The molecule has 3 heteroatoms. The zero-order valence-corrected chi connectivity index (χ0v) is 16.2. The summed E-state index contributed by atoms with van der Waals surface area (Å²) in [5.74, 6) is 0.520. The van der Waals surface area contributed by atoms with Gasteiger partial charge < -0.3 is 10.0 Å². The van der Waals surface area contributed by atoms with Gasteiger partial charge in [-0.1, -0.05) is 54.5 Å². The Balaban J connectivity index is 1.69. The van der Waals surface area contributed by atoms with Crippen LogP contribution in [-0.4, -0.2) is 36.1 Å². The van der Waals surface area contributed by atoms with E-state index in [-0.39, 0.29) is 12.0 Å². The van der Waals surface area contributed by atoms with E-state index in [4.69, 9.17) is 0 Å². The van der Waals surface area contributed by atoms with Crippen molar-refractivity contribution in [3.05, 3.63) is 59.7 Å². The summed E-state index contributed by atoms with van der Waals surface area (Å²) in [6, 6.07) is 10.5. The van der Waals surface area contributed by atoms with Crippen LogP contribution in [0.25, 0.3) is 0 Å². The van der Waals surface area contributed by atoms with Gasteiger partial charge in [-0.05, 0) is 56.4 Å². The van der Waals surface area contributed by atoms with Crippen LogP contribution < -0.4 is 0 Å². The number of hydrogen-bond donors (Lipinski definition) is 1. The van der Waals surface area contributed by atoms with Crippen molar-refractivity contribution in [2.24, 2.45) is 5.92 Å². The predicted octanol–water partition coefficient (Wildman–Crippen LogP) is 4.52. The average Bonchev–Trinajstić information content (AvgIpc) is 2.64. The Morgan fingerprint density at radius 3 is 2.77 bits per heavy atom. The van der Waals surface area contributed by atoms with E-state index < -0.39 is 0 Å². The summed E-state index contributed by atoms with van der Waals surface area (Å²) < 4.78 is 0. The minimum absolute atomic E-state index is 0.0723. The molecule has 1 aliphatic rings. The van der Waals surface area contributed by atoms with Crippen LogP contribution in [0.15, 0.2) is 54.1 Å². The van der Waals surface area contributed by atoms with Crippen molar-refractivity contribution in [2.45, 2.75) is 57.5 Å². The maximum atomic E-state index is 11.8. The third-order valence-corrected chi connectivity index (χ3v) is 5.03. The number of aliphatic hydroxyl groups is 1. The molecule has 2 atom stereocenters. The monoisotopic (exact) mass is 355 g/mol. The second-order valence-electron chi connectivity index (χ2n) is 7.58. The first kappa shape index (κ1) is 20.4. The molecule has 2 rings (SSSR count). The van der Waals surface area contributed by atoms with Crippen LogP contribution in [0.2, 0.25) is 0 Å². The van der Waals surface area contributed by atoms with Gasteiger partial charge in [-0.25, -0.2) is 0 Å². The Kier molecular flexibility index (Phi) is 8.63. The molecule has 142 valence electrons. The average molecular weight is 356 g/mol. The summed E-state index contributed by atoms with van der Waals surface area (Å²) in [6.45, 7) is 0. The number of carbonyl (C=O) groups excluding carboxylic acids is 1. The summed E-state index contributed by atoms with van der Waals surface area (Å²) in [7, 11) is 3.57. The second-order valence-corrected chi connectivity index (χ2v) is 7.58. The highest BCUT2D eigenvalue weighted by Crippen LogP contribution is 2.29. The lowest BCUT2D eigenvalue weighted by Gasteiger charge is -2.22. The van der Waals surface area contributed by atoms with Crippen LogP contribution in [0.1, 0.15) is 50.5 Å². The zero-order chi connectivity index (χ0) is 18.8. The number of carbonyl (C=O) groups is 1. The summed E-state index contributed by atoms with van der Waals surface area (Å²) >= 11 is 0. The standard InChI is InChI=1S/C23H33NO2/c1-24(2)23(26)18-21-13-8-12-20(17-21)15-16-22(25)14-7-6-11-19-9-4-3-5-10-19/h3-5,9-10,15-16,18,20,22,25H,6-8,11-14,17H2,1-2H3/b16-15+,21-18+. The topological polar surface area (TPSA) is 40.5 Å². The lowest BCUT2D eigenvalue weighted by molar-refractivity contribution is -0.123. The number of aryl methyl sites for hydroxylation is 1.